The lowest BCUT2D eigenvalue weighted by molar-refractivity contribution is 1.13. The van der Waals surface area contributed by atoms with E-state index in [-0.39, 0.29) is 11.4 Å². The molecular formula is C10H6BrN5. The number of halogens is 1. The summed E-state index contributed by atoms with van der Waals surface area (Å²) in [5, 5.41) is 8.70. The molecule has 0 bridgehead atoms. The van der Waals surface area contributed by atoms with Crippen LogP contribution in [0, 0.1) is 11.3 Å². The predicted molar refractivity (Wildman–Crippen MR) is 62.1 cm³/mol. The van der Waals surface area contributed by atoms with E-state index in [1.165, 1.54) is 6.20 Å². The molecule has 0 saturated heterocycles. The number of nitrogens with zero attached hydrogens (tertiary/aromatic N) is 4. The molecule has 0 aliphatic carbocycles. The second-order valence-electron chi connectivity index (χ2n) is 2.94. The first-order valence-corrected chi connectivity index (χ1v) is 5.15. The molecule has 2 aromatic rings. The van der Waals surface area contributed by atoms with Crippen molar-refractivity contribution in [3.8, 4) is 17.6 Å². The fourth-order valence-electron chi connectivity index (χ4n) is 1.15. The van der Waals surface area contributed by atoms with Gasteiger partial charge in [0.1, 0.15) is 23.1 Å². The van der Waals surface area contributed by atoms with Gasteiger partial charge in [0.15, 0.2) is 5.82 Å². The Kier molecular flexibility index (Phi) is 2.79. The van der Waals surface area contributed by atoms with E-state index in [0.717, 1.165) is 4.47 Å². The van der Waals surface area contributed by atoms with Crippen molar-refractivity contribution in [2.75, 3.05) is 5.73 Å². The Labute approximate surface area is 100 Å². The van der Waals surface area contributed by atoms with Crippen LogP contribution in [0.25, 0.3) is 11.5 Å². The summed E-state index contributed by atoms with van der Waals surface area (Å²) >= 11 is 3.34. The third kappa shape index (κ3) is 1.85. The van der Waals surface area contributed by atoms with Crippen molar-refractivity contribution in [3.05, 3.63) is 34.6 Å². The molecule has 6 heteroatoms. The average molecular weight is 276 g/mol. The lowest BCUT2D eigenvalue weighted by atomic mass is 10.3. The van der Waals surface area contributed by atoms with E-state index in [2.05, 4.69) is 30.9 Å². The highest BCUT2D eigenvalue weighted by Gasteiger charge is 2.09. The van der Waals surface area contributed by atoms with Crippen LogP contribution < -0.4 is 5.73 Å². The van der Waals surface area contributed by atoms with Crippen LogP contribution in [0.1, 0.15) is 5.56 Å². The van der Waals surface area contributed by atoms with Crippen LogP contribution in [0.3, 0.4) is 0 Å². The monoisotopic (exact) mass is 275 g/mol. The summed E-state index contributed by atoms with van der Waals surface area (Å²) in [6, 6.07) is 5.53. The largest absolute Gasteiger partial charge is 0.382 e. The molecule has 0 spiro atoms. The highest BCUT2D eigenvalue weighted by Crippen LogP contribution is 2.23. The van der Waals surface area contributed by atoms with E-state index in [0.29, 0.717) is 11.5 Å². The maximum Gasteiger partial charge on any atom is 0.181 e. The third-order valence-electron chi connectivity index (χ3n) is 1.91. The molecule has 0 unspecified atom stereocenters. The number of aromatic nitrogens is 3. The lowest BCUT2D eigenvalue weighted by Crippen LogP contribution is -2.00. The highest BCUT2D eigenvalue weighted by atomic mass is 79.9. The predicted octanol–water partition coefficient (Wildman–Crippen LogP) is 1.75. The lowest BCUT2D eigenvalue weighted by Gasteiger charge is -2.02. The van der Waals surface area contributed by atoms with Crippen LogP contribution in [0.15, 0.2) is 29.0 Å². The second-order valence-corrected chi connectivity index (χ2v) is 3.79. The standard InChI is InChI=1S/C10H6BrN5/c11-7-2-1-3-14-8(7)10-15-5-6(4-12)9(13)16-10/h1-3,5H,(H2,13,15,16). The van der Waals surface area contributed by atoms with Gasteiger partial charge in [-0.15, -0.1) is 0 Å². The van der Waals surface area contributed by atoms with E-state index in [9.17, 15) is 0 Å². The third-order valence-corrected chi connectivity index (χ3v) is 2.55. The molecule has 0 saturated carbocycles. The summed E-state index contributed by atoms with van der Waals surface area (Å²) in [6.07, 6.45) is 3.02. The van der Waals surface area contributed by atoms with Crippen LogP contribution in [0.4, 0.5) is 5.82 Å². The summed E-state index contributed by atoms with van der Waals surface area (Å²) in [5.41, 5.74) is 6.46. The maximum absolute atomic E-state index is 8.70. The van der Waals surface area contributed by atoms with E-state index >= 15 is 0 Å². The summed E-state index contributed by atoms with van der Waals surface area (Å²) in [6.45, 7) is 0. The molecular weight excluding hydrogens is 270 g/mol. The number of hydrogen-bond donors (Lipinski definition) is 1. The zero-order valence-corrected chi connectivity index (χ0v) is 9.64. The molecule has 0 aliphatic heterocycles. The normalized spacial score (nSPS) is 9.75. The topological polar surface area (TPSA) is 88.5 Å². The molecule has 2 heterocycles. The van der Waals surface area contributed by atoms with Gasteiger partial charge in [-0.3, -0.25) is 4.98 Å². The summed E-state index contributed by atoms with van der Waals surface area (Å²) in [5.74, 6) is 0.550. The molecule has 0 fully saturated rings. The van der Waals surface area contributed by atoms with Gasteiger partial charge in [0.25, 0.3) is 0 Å². The zero-order valence-electron chi connectivity index (χ0n) is 8.05. The smallest absolute Gasteiger partial charge is 0.181 e. The molecule has 2 rings (SSSR count). The number of nitrogens with two attached hydrogens (primary N) is 1. The van der Waals surface area contributed by atoms with Gasteiger partial charge in [-0.05, 0) is 28.1 Å². The zero-order chi connectivity index (χ0) is 11.5. The minimum absolute atomic E-state index is 0.157. The van der Waals surface area contributed by atoms with Gasteiger partial charge >= 0.3 is 0 Å². The Balaban J connectivity index is 2.55. The molecule has 0 aliphatic rings. The molecule has 5 nitrogen and oxygen atoms in total. The van der Waals surface area contributed by atoms with Gasteiger partial charge in [-0.2, -0.15) is 5.26 Å². The number of nitriles is 1. The fourth-order valence-corrected chi connectivity index (χ4v) is 1.58. The van der Waals surface area contributed by atoms with Crippen molar-refractivity contribution in [2.45, 2.75) is 0 Å². The number of nitrogen functional groups attached to an aromatic ring is 1. The van der Waals surface area contributed by atoms with Crippen molar-refractivity contribution < 1.29 is 0 Å². The van der Waals surface area contributed by atoms with Gasteiger partial charge in [-0.25, -0.2) is 9.97 Å². The Bertz CT molecular complexity index is 576. The number of pyridine rings is 1. The van der Waals surface area contributed by atoms with Crippen molar-refractivity contribution >= 4 is 21.7 Å². The highest BCUT2D eigenvalue weighted by molar-refractivity contribution is 9.10. The molecule has 0 radical (unpaired) electrons. The molecule has 2 N–H and O–H groups in total. The first kappa shape index (κ1) is 10.5. The van der Waals surface area contributed by atoms with Crippen LogP contribution in [-0.2, 0) is 0 Å². The summed E-state index contributed by atoms with van der Waals surface area (Å²) in [7, 11) is 0. The molecule has 0 atom stereocenters. The van der Waals surface area contributed by atoms with E-state index in [1.54, 1.807) is 12.3 Å². The first-order chi connectivity index (χ1) is 7.72. The Morgan fingerprint density at radius 3 is 2.81 bits per heavy atom. The summed E-state index contributed by atoms with van der Waals surface area (Å²) in [4.78, 5) is 12.2. The number of rotatable bonds is 1. The van der Waals surface area contributed by atoms with E-state index in [1.807, 2.05) is 12.1 Å². The molecule has 16 heavy (non-hydrogen) atoms. The van der Waals surface area contributed by atoms with Crippen LogP contribution in [-0.4, -0.2) is 15.0 Å². The average Bonchev–Trinajstić information content (AvgIpc) is 2.29. The number of anilines is 1. The summed E-state index contributed by atoms with van der Waals surface area (Å²) < 4.78 is 0.777. The van der Waals surface area contributed by atoms with Crippen LogP contribution >= 0.6 is 15.9 Å². The minimum Gasteiger partial charge on any atom is -0.382 e. The van der Waals surface area contributed by atoms with E-state index in [4.69, 9.17) is 11.0 Å². The van der Waals surface area contributed by atoms with E-state index < -0.39 is 0 Å². The van der Waals surface area contributed by atoms with Crippen molar-refractivity contribution in [1.29, 1.82) is 5.26 Å². The van der Waals surface area contributed by atoms with Crippen molar-refractivity contribution in [2.24, 2.45) is 0 Å². The first-order valence-electron chi connectivity index (χ1n) is 4.36. The Morgan fingerprint density at radius 2 is 2.19 bits per heavy atom. The van der Waals surface area contributed by atoms with Crippen molar-refractivity contribution in [3.63, 3.8) is 0 Å². The van der Waals surface area contributed by atoms with Gasteiger partial charge in [0, 0.05) is 10.7 Å². The molecule has 2 aromatic heterocycles. The van der Waals surface area contributed by atoms with Crippen LogP contribution in [0.5, 0.6) is 0 Å². The van der Waals surface area contributed by atoms with Gasteiger partial charge in [0.05, 0.1) is 6.20 Å². The number of hydrogen-bond acceptors (Lipinski definition) is 5. The van der Waals surface area contributed by atoms with Crippen LogP contribution in [0.2, 0.25) is 0 Å². The Hall–Kier alpha value is -2.00. The second kappa shape index (κ2) is 4.24. The van der Waals surface area contributed by atoms with Gasteiger partial charge in [0.2, 0.25) is 0 Å². The maximum atomic E-state index is 8.70. The van der Waals surface area contributed by atoms with Crippen molar-refractivity contribution in [1.82, 2.24) is 15.0 Å². The Morgan fingerprint density at radius 1 is 1.38 bits per heavy atom. The quantitative estimate of drug-likeness (QED) is 0.857. The SMILES string of the molecule is N#Cc1cnc(-c2ncccc2Br)nc1N. The molecule has 78 valence electrons. The molecule has 0 amide bonds. The van der Waals surface area contributed by atoms with Gasteiger partial charge < -0.3 is 5.73 Å². The minimum atomic E-state index is 0.157. The van der Waals surface area contributed by atoms with Gasteiger partial charge in [-0.1, -0.05) is 0 Å². The fraction of sp³-hybridized carbons (Fsp3) is 0. The molecule has 0 aromatic carbocycles.